The Balaban J connectivity index is 1.49. The summed E-state index contributed by atoms with van der Waals surface area (Å²) in [6, 6.07) is 7.12. The third-order valence-corrected chi connectivity index (χ3v) is 5.76. The minimum absolute atomic E-state index is 0.128. The maximum Gasteiger partial charge on any atom is 0.251 e. The van der Waals surface area contributed by atoms with Crippen LogP contribution in [0.5, 0.6) is 5.75 Å². The number of amides is 1. The summed E-state index contributed by atoms with van der Waals surface area (Å²) in [6.07, 6.45) is 0.863. The van der Waals surface area contributed by atoms with Crippen LogP contribution in [0, 0.1) is 0 Å². The predicted octanol–water partition coefficient (Wildman–Crippen LogP) is 1.63. The van der Waals surface area contributed by atoms with Crippen molar-refractivity contribution in [3.63, 3.8) is 0 Å². The molecule has 3 rings (SSSR count). The van der Waals surface area contributed by atoms with Gasteiger partial charge in [0.1, 0.15) is 11.6 Å². The highest BCUT2D eigenvalue weighted by molar-refractivity contribution is 7.09. The summed E-state index contributed by atoms with van der Waals surface area (Å²) in [4.78, 5) is 26.2. The van der Waals surface area contributed by atoms with Crippen LogP contribution >= 0.6 is 11.5 Å². The molecule has 1 aromatic heterocycles. The van der Waals surface area contributed by atoms with Crippen LogP contribution < -0.4 is 20.3 Å². The quantitative estimate of drug-likeness (QED) is 0.362. The van der Waals surface area contributed by atoms with Gasteiger partial charge in [-0.15, -0.1) is 0 Å². The Kier molecular flexibility index (Phi) is 8.45. The van der Waals surface area contributed by atoms with E-state index in [0.29, 0.717) is 24.4 Å². The highest BCUT2D eigenvalue weighted by Gasteiger charge is 2.22. The van der Waals surface area contributed by atoms with Gasteiger partial charge in [0.05, 0.1) is 13.7 Å². The van der Waals surface area contributed by atoms with E-state index >= 15 is 0 Å². The van der Waals surface area contributed by atoms with Crippen LogP contribution in [0.3, 0.4) is 0 Å². The third-order valence-electron chi connectivity index (χ3n) is 4.95. The SMILES string of the molecule is CCNC(=NCCNC(=O)c1cccc(OC)c1)N1CCN(c2nc(CC)ns2)CC1. The lowest BCUT2D eigenvalue weighted by Crippen LogP contribution is -2.52. The lowest BCUT2D eigenvalue weighted by molar-refractivity contribution is 0.0954. The first-order chi connectivity index (χ1) is 15.1. The molecule has 2 N–H and O–H groups in total. The second-order valence-electron chi connectivity index (χ2n) is 7.04. The first kappa shape index (κ1) is 22.8. The van der Waals surface area contributed by atoms with Crippen LogP contribution in [0.25, 0.3) is 0 Å². The average molecular weight is 446 g/mol. The van der Waals surface area contributed by atoms with Gasteiger partial charge >= 0.3 is 0 Å². The molecule has 0 saturated carbocycles. The summed E-state index contributed by atoms with van der Waals surface area (Å²) in [5.41, 5.74) is 0.578. The molecule has 0 radical (unpaired) electrons. The normalized spacial score (nSPS) is 14.5. The number of rotatable bonds is 8. The van der Waals surface area contributed by atoms with Crippen molar-refractivity contribution < 1.29 is 9.53 Å². The number of hydrogen-bond acceptors (Lipinski definition) is 7. The van der Waals surface area contributed by atoms with Crippen molar-refractivity contribution in [2.45, 2.75) is 20.3 Å². The van der Waals surface area contributed by atoms with Crippen molar-refractivity contribution >= 4 is 28.5 Å². The lowest BCUT2D eigenvalue weighted by atomic mass is 10.2. The molecule has 1 saturated heterocycles. The number of anilines is 1. The molecule has 1 aliphatic rings. The molecule has 0 atom stereocenters. The maximum atomic E-state index is 12.3. The van der Waals surface area contributed by atoms with E-state index in [0.717, 1.165) is 56.1 Å². The molecule has 9 nitrogen and oxygen atoms in total. The third kappa shape index (κ3) is 6.30. The van der Waals surface area contributed by atoms with E-state index in [1.165, 1.54) is 11.5 Å². The molecular weight excluding hydrogens is 414 g/mol. The molecule has 168 valence electrons. The van der Waals surface area contributed by atoms with Crippen LogP contribution in [0.4, 0.5) is 5.13 Å². The summed E-state index contributed by atoms with van der Waals surface area (Å²) >= 11 is 1.47. The van der Waals surface area contributed by atoms with Gasteiger partial charge in [-0.3, -0.25) is 9.79 Å². The number of carbonyl (C=O) groups is 1. The lowest BCUT2D eigenvalue weighted by Gasteiger charge is -2.36. The van der Waals surface area contributed by atoms with Gasteiger partial charge in [-0.25, -0.2) is 4.98 Å². The molecular formula is C21H31N7O2S. The van der Waals surface area contributed by atoms with Crippen LogP contribution in [-0.2, 0) is 6.42 Å². The van der Waals surface area contributed by atoms with Crippen LogP contribution in [0.2, 0.25) is 0 Å². The van der Waals surface area contributed by atoms with Crippen LogP contribution in [0.1, 0.15) is 30.0 Å². The van der Waals surface area contributed by atoms with Gasteiger partial charge in [0.2, 0.25) is 5.13 Å². The Labute approximate surface area is 187 Å². The van der Waals surface area contributed by atoms with E-state index in [9.17, 15) is 4.79 Å². The average Bonchev–Trinajstić information content (AvgIpc) is 3.30. The zero-order valence-corrected chi connectivity index (χ0v) is 19.2. The van der Waals surface area contributed by atoms with Crippen LogP contribution in [0.15, 0.2) is 29.3 Å². The summed E-state index contributed by atoms with van der Waals surface area (Å²) in [6.45, 7) is 9.40. The van der Waals surface area contributed by atoms with Crippen molar-refractivity contribution in [1.29, 1.82) is 0 Å². The fraction of sp³-hybridized carbons (Fsp3) is 0.524. The van der Waals surface area contributed by atoms with Crippen LogP contribution in [-0.4, -0.2) is 79.0 Å². The zero-order chi connectivity index (χ0) is 22.1. The zero-order valence-electron chi connectivity index (χ0n) is 18.4. The Morgan fingerprint density at radius 2 is 2.03 bits per heavy atom. The number of hydrogen-bond donors (Lipinski definition) is 2. The number of methoxy groups -OCH3 is 1. The highest BCUT2D eigenvalue weighted by Crippen LogP contribution is 2.19. The molecule has 0 aliphatic carbocycles. The number of nitrogens with one attached hydrogen (secondary N) is 2. The van der Waals surface area contributed by atoms with Crippen molar-refractivity contribution in [3.8, 4) is 5.75 Å². The second-order valence-corrected chi connectivity index (χ2v) is 7.77. The molecule has 0 bridgehead atoms. The molecule has 1 aromatic carbocycles. The van der Waals surface area contributed by atoms with Crippen molar-refractivity contribution in [1.82, 2.24) is 24.9 Å². The monoisotopic (exact) mass is 445 g/mol. The Morgan fingerprint density at radius 1 is 1.23 bits per heavy atom. The number of aliphatic imine (C=N–C) groups is 1. The molecule has 1 amide bonds. The minimum atomic E-state index is -0.128. The first-order valence-corrected chi connectivity index (χ1v) is 11.4. The number of benzene rings is 1. The number of guanidine groups is 1. The van der Waals surface area contributed by atoms with Crippen molar-refractivity contribution in [3.05, 3.63) is 35.7 Å². The summed E-state index contributed by atoms with van der Waals surface area (Å²) in [5.74, 6) is 2.33. The summed E-state index contributed by atoms with van der Waals surface area (Å²) in [5, 5.41) is 7.27. The predicted molar refractivity (Wildman–Crippen MR) is 124 cm³/mol. The van der Waals surface area contributed by atoms with Gasteiger partial charge in [-0.2, -0.15) is 4.37 Å². The number of nitrogens with zero attached hydrogens (tertiary/aromatic N) is 5. The molecule has 0 spiro atoms. The first-order valence-electron chi connectivity index (χ1n) is 10.7. The van der Waals surface area contributed by atoms with E-state index < -0.39 is 0 Å². The molecule has 1 fully saturated rings. The minimum Gasteiger partial charge on any atom is -0.497 e. The smallest absolute Gasteiger partial charge is 0.251 e. The molecule has 1 aliphatic heterocycles. The van der Waals surface area contributed by atoms with Crippen molar-refractivity contribution in [2.75, 3.05) is 57.8 Å². The van der Waals surface area contributed by atoms with E-state index in [-0.39, 0.29) is 5.91 Å². The Bertz CT molecular complexity index is 878. The summed E-state index contributed by atoms with van der Waals surface area (Å²) in [7, 11) is 1.59. The molecule has 31 heavy (non-hydrogen) atoms. The number of piperazine rings is 1. The molecule has 0 unspecified atom stereocenters. The van der Waals surface area contributed by atoms with E-state index in [4.69, 9.17) is 9.73 Å². The number of aryl methyl sites for hydroxylation is 1. The van der Waals surface area contributed by atoms with E-state index in [1.807, 2.05) is 6.07 Å². The number of ether oxygens (including phenoxy) is 1. The molecule has 2 heterocycles. The Hall–Kier alpha value is -2.88. The fourth-order valence-electron chi connectivity index (χ4n) is 3.25. The molecule has 10 heteroatoms. The topological polar surface area (TPSA) is 95.0 Å². The van der Waals surface area contributed by atoms with Gasteiger partial charge in [-0.1, -0.05) is 13.0 Å². The van der Waals surface area contributed by atoms with Crippen molar-refractivity contribution in [2.24, 2.45) is 4.99 Å². The van der Waals surface area contributed by atoms with Gasteiger partial charge in [0.25, 0.3) is 5.91 Å². The standard InChI is InChI=1S/C21H31N7O2S/c1-4-18-25-21(31-26-18)28-13-11-27(12-14-28)20(22-5-2)24-10-9-23-19(29)16-7-6-8-17(15-16)30-3/h6-8,15H,4-5,9-14H2,1-3H3,(H,22,24)(H,23,29). The molecule has 2 aromatic rings. The van der Waals surface area contributed by atoms with Gasteiger partial charge in [0, 0.05) is 62.8 Å². The highest BCUT2D eigenvalue weighted by atomic mass is 32.1. The summed E-state index contributed by atoms with van der Waals surface area (Å²) < 4.78 is 9.56. The van der Waals surface area contributed by atoms with Gasteiger partial charge in [-0.05, 0) is 25.1 Å². The largest absolute Gasteiger partial charge is 0.497 e. The fourth-order valence-corrected chi connectivity index (χ4v) is 4.05. The maximum absolute atomic E-state index is 12.3. The Morgan fingerprint density at radius 3 is 2.71 bits per heavy atom. The second kappa shape index (κ2) is 11.5. The van der Waals surface area contributed by atoms with Gasteiger partial charge in [0.15, 0.2) is 5.96 Å². The van der Waals surface area contributed by atoms with Gasteiger partial charge < -0.3 is 25.2 Å². The van der Waals surface area contributed by atoms with E-state index in [1.54, 1.807) is 25.3 Å². The van der Waals surface area contributed by atoms with E-state index in [2.05, 4.69) is 43.6 Å². The number of carbonyl (C=O) groups excluding carboxylic acids is 1. The number of aromatic nitrogens is 2.